The molecular formula is C31H27Cl2F3N4O3. The number of anilines is 1. The number of rotatable bonds is 6. The lowest BCUT2D eigenvalue weighted by Gasteiger charge is -2.27. The second kappa shape index (κ2) is 13.8. The van der Waals surface area contributed by atoms with Gasteiger partial charge in [-0.15, -0.1) is 0 Å². The number of aliphatic imine (C=N–C) groups is 1. The lowest BCUT2D eigenvalue weighted by Crippen LogP contribution is -2.37. The van der Waals surface area contributed by atoms with Crippen LogP contribution in [-0.2, 0) is 6.18 Å². The number of alkyl halides is 3. The fourth-order valence-corrected chi connectivity index (χ4v) is 4.78. The van der Waals surface area contributed by atoms with Gasteiger partial charge in [0.1, 0.15) is 23.4 Å². The van der Waals surface area contributed by atoms with Crippen molar-refractivity contribution in [1.82, 2.24) is 9.88 Å². The Hall–Kier alpha value is -4.28. The summed E-state index contributed by atoms with van der Waals surface area (Å²) in [6.45, 7) is 1.71. The van der Waals surface area contributed by atoms with Crippen LogP contribution in [0.15, 0.2) is 96.1 Å². The molecule has 0 saturated carbocycles. The van der Waals surface area contributed by atoms with E-state index in [9.17, 15) is 23.1 Å². The molecule has 2 heterocycles. The third-order valence-corrected chi connectivity index (χ3v) is 6.97. The molecule has 0 bridgehead atoms. The first-order valence-electron chi connectivity index (χ1n) is 13.1. The van der Waals surface area contributed by atoms with Crippen molar-refractivity contribution in [1.29, 1.82) is 0 Å². The van der Waals surface area contributed by atoms with Gasteiger partial charge in [0, 0.05) is 23.3 Å². The number of ether oxygens (including phenoxy) is 1. The second-order valence-corrected chi connectivity index (χ2v) is 10.1. The van der Waals surface area contributed by atoms with Gasteiger partial charge in [0.2, 0.25) is 0 Å². The van der Waals surface area contributed by atoms with E-state index < -0.39 is 29.9 Å². The Kier molecular flexibility index (Phi) is 10.2. The van der Waals surface area contributed by atoms with E-state index in [4.69, 9.17) is 32.9 Å². The van der Waals surface area contributed by atoms with Crippen LogP contribution in [0.4, 0.5) is 23.8 Å². The van der Waals surface area contributed by atoms with E-state index in [2.05, 4.69) is 10.3 Å². The molecular weight excluding hydrogens is 604 g/mol. The molecule has 5 rings (SSSR count). The standard InChI is InChI=1S/C25H19Cl2F3N2O3.C6H8N2/c1-2-35-20-13-16(25(28,29)30)7-12-19(20)23-31-21(14-3-8-17(26)9-4-14)22(32(23)24(33)34)15-5-10-18(27)11-6-15;1-7-6-4-2-3-5-8-6/h3-13,21-22H,2H2,1H3,(H,33,34);2-5H,1H3,(H,7,8). The molecule has 0 spiro atoms. The maximum atomic E-state index is 13.3. The summed E-state index contributed by atoms with van der Waals surface area (Å²) in [5.41, 5.74) is 0.521. The van der Waals surface area contributed by atoms with E-state index in [1.807, 2.05) is 25.2 Å². The first-order chi connectivity index (χ1) is 20.5. The highest BCUT2D eigenvalue weighted by molar-refractivity contribution is 6.30. The Morgan fingerprint density at radius 3 is 2.09 bits per heavy atom. The number of nitrogens with zero attached hydrogens (tertiary/aromatic N) is 3. The summed E-state index contributed by atoms with van der Waals surface area (Å²) in [4.78, 5) is 22.3. The van der Waals surface area contributed by atoms with Crippen molar-refractivity contribution in [3.63, 3.8) is 0 Å². The number of nitrogens with one attached hydrogen (secondary N) is 1. The lowest BCUT2D eigenvalue weighted by atomic mass is 9.94. The Labute approximate surface area is 256 Å². The highest BCUT2D eigenvalue weighted by atomic mass is 35.5. The zero-order valence-corrected chi connectivity index (χ0v) is 24.5. The Balaban J connectivity index is 0.000000458. The topological polar surface area (TPSA) is 87.0 Å². The van der Waals surface area contributed by atoms with Gasteiger partial charge >= 0.3 is 12.3 Å². The third kappa shape index (κ3) is 7.57. The van der Waals surface area contributed by atoms with Crippen LogP contribution in [0.1, 0.15) is 41.3 Å². The molecule has 224 valence electrons. The van der Waals surface area contributed by atoms with Gasteiger partial charge in [0.25, 0.3) is 0 Å². The van der Waals surface area contributed by atoms with Gasteiger partial charge in [0.15, 0.2) is 0 Å². The summed E-state index contributed by atoms with van der Waals surface area (Å²) >= 11 is 12.1. The summed E-state index contributed by atoms with van der Waals surface area (Å²) in [6.07, 6.45) is -4.15. The summed E-state index contributed by atoms with van der Waals surface area (Å²) in [6, 6.07) is 20.6. The van der Waals surface area contributed by atoms with Gasteiger partial charge in [0.05, 0.1) is 23.8 Å². The van der Waals surface area contributed by atoms with Crippen molar-refractivity contribution in [2.45, 2.75) is 25.2 Å². The van der Waals surface area contributed by atoms with Gasteiger partial charge in [-0.25, -0.2) is 9.78 Å². The van der Waals surface area contributed by atoms with Crippen LogP contribution in [-0.4, -0.2) is 40.6 Å². The summed E-state index contributed by atoms with van der Waals surface area (Å²) < 4.78 is 45.5. The van der Waals surface area contributed by atoms with E-state index in [1.54, 1.807) is 61.7 Å². The normalized spacial score (nSPS) is 16.2. The monoisotopic (exact) mass is 630 g/mol. The smallest absolute Gasteiger partial charge is 0.416 e. The minimum Gasteiger partial charge on any atom is -0.493 e. The molecule has 0 fully saturated rings. The Morgan fingerprint density at radius 1 is 0.977 bits per heavy atom. The number of aromatic nitrogens is 1. The average Bonchev–Trinajstić information content (AvgIpc) is 3.39. The van der Waals surface area contributed by atoms with Gasteiger partial charge < -0.3 is 15.2 Å². The molecule has 1 amide bonds. The average molecular weight is 631 g/mol. The Bertz CT molecular complexity index is 1570. The largest absolute Gasteiger partial charge is 0.493 e. The molecule has 2 atom stereocenters. The predicted molar refractivity (Wildman–Crippen MR) is 161 cm³/mol. The molecule has 43 heavy (non-hydrogen) atoms. The number of hydrogen-bond donors (Lipinski definition) is 2. The fourth-order valence-electron chi connectivity index (χ4n) is 4.52. The molecule has 0 aliphatic carbocycles. The van der Waals surface area contributed by atoms with Crippen LogP contribution in [0.2, 0.25) is 10.0 Å². The number of carbonyl (C=O) groups is 1. The molecule has 4 aromatic rings. The quantitative estimate of drug-likeness (QED) is 0.222. The first kappa shape index (κ1) is 31.7. The van der Waals surface area contributed by atoms with Crippen molar-refractivity contribution in [3.05, 3.63) is 123 Å². The highest BCUT2D eigenvalue weighted by Gasteiger charge is 2.43. The summed E-state index contributed by atoms with van der Waals surface area (Å²) in [5.74, 6) is 0.779. The van der Waals surface area contributed by atoms with E-state index >= 15 is 0 Å². The highest BCUT2D eigenvalue weighted by Crippen LogP contribution is 2.45. The Morgan fingerprint density at radius 2 is 1.60 bits per heavy atom. The molecule has 1 aliphatic rings. The number of benzene rings is 3. The minimum absolute atomic E-state index is 0.0189. The first-order valence-corrected chi connectivity index (χ1v) is 13.8. The van der Waals surface area contributed by atoms with Gasteiger partial charge in [-0.3, -0.25) is 9.89 Å². The van der Waals surface area contributed by atoms with E-state index in [1.165, 1.54) is 6.07 Å². The fraction of sp³-hybridized carbons (Fsp3) is 0.194. The molecule has 3 aromatic carbocycles. The summed E-state index contributed by atoms with van der Waals surface area (Å²) in [5, 5.41) is 14.1. The maximum absolute atomic E-state index is 13.3. The third-order valence-electron chi connectivity index (χ3n) is 6.47. The van der Waals surface area contributed by atoms with Crippen molar-refractivity contribution >= 4 is 40.9 Å². The van der Waals surface area contributed by atoms with E-state index in [0.29, 0.717) is 21.2 Å². The predicted octanol–water partition coefficient (Wildman–Crippen LogP) is 8.76. The van der Waals surface area contributed by atoms with Gasteiger partial charge in [-0.05, 0) is 72.6 Å². The molecule has 2 unspecified atom stereocenters. The molecule has 0 saturated heterocycles. The van der Waals surface area contributed by atoms with Crippen molar-refractivity contribution < 1.29 is 27.8 Å². The SMILES string of the molecule is CCOc1cc(C(F)(F)F)ccc1C1=NC(c2ccc(Cl)cc2)C(c2ccc(Cl)cc2)N1C(=O)O.CNc1ccccn1. The molecule has 12 heteroatoms. The van der Waals surface area contributed by atoms with E-state index in [-0.39, 0.29) is 23.8 Å². The number of carboxylic acid groups (broad SMARTS) is 1. The zero-order chi connectivity index (χ0) is 31.1. The second-order valence-electron chi connectivity index (χ2n) is 9.20. The molecule has 2 N–H and O–H groups in total. The maximum Gasteiger partial charge on any atom is 0.416 e. The van der Waals surface area contributed by atoms with E-state index in [0.717, 1.165) is 22.9 Å². The lowest BCUT2D eigenvalue weighted by molar-refractivity contribution is -0.137. The number of pyridine rings is 1. The van der Waals surface area contributed by atoms with Crippen LogP contribution >= 0.6 is 23.2 Å². The number of amidine groups is 1. The van der Waals surface area contributed by atoms with Crippen LogP contribution in [0, 0.1) is 0 Å². The summed E-state index contributed by atoms with van der Waals surface area (Å²) in [7, 11) is 1.85. The van der Waals surface area contributed by atoms with Gasteiger partial charge in [-0.1, -0.05) is 53.5 Å². The van der Waals surface area contributed by atoms with Crippen molar-refractivity contribution in [3.8, 4) is 5.75 Å². The van der Waals surface area contributed by atoms with Gasteiger partial charge in [-0.2, -0.15) is 13.2 Å². The zero-order valence-electron chi connectivity index (χ0n) is 23.0. The molecule has 0 radical (unpaired) electrons. The molecule has 1 aromatic heterocycles. The number of halogens is 5. The molecule has 1 aliphatic heterocycles. The van der Waals surface area contributed by atoms with Crippen molar-refractivity contribution in [2.24, 2.45) is 4.99 Å². The van der Waals surface area contributed by atoms with Crippen LogP contribution in [0.25, 0.3) is 0 Å². The van der Waals surface area contributed by atoms with Crippen molar-refractivity contribution in [2.75, 3.05) is 19.0 Å². The number of amides is 1. The number of hydrogen-bond acceptors (Lipinski definition) is 5. The van der Waals surface area contributed by atoms with Crippen LogP contribution in [0.5, 0.6) is 5.75 Å². The minimum atomic E-state index is -4.59. The molecule has 7 nitrogen and oxygen atoms in total. The van der Waals surface area contributed by atoms with Crippen LogP contribution < -0.4 is 10.1 Å². The van der Waals surface area contributed by atoms with Crippen LogP contribution in [0.3, 0.4) is 0 Å².